The zero-order chi connectivity index (χ0) is 22.5. The smallest absolute Gasteiger partial charge is 0.271 e. The SMILES string of the molecule is CCCNC(=O)c1ccc(N2CCN(C(=O)c3cc(-c4cncc(O)c4)cs3)CC2)nn1. The molecule has 2 amide bonds. The molecule has 3 aromatic heterocycles. The van der Waals surface area contributed by atoms with Gasteiger partial charge in [0, 0.05) is 44.5 Å². The van der Waals surface area contributed by atoms with Crippen LogP contribution in [0.1, 0.15) is 33.5 Å². The summed E-state index contributed by atoms with van der Waals surface area (Å²) < 4.78 is 0. The Morgan fingerprint density at radius 2 is 1.91 bits per heavy atom. The van der Waals surface area contributed by atoms with Crippen LogP contribution < -0.4 is 10.2 Å². The molecule has 0 spiro atoms. The number of piperazine rings is 1. The molecule has 1 aliphatic rings. The van der Waals surface area contributed by atoms with Gasteiger partial charge in [0.1, 0.15) is 5.75 Å². The Balaban J connectivity index is 1.34. The van der Waals surface area contributed by atoms with Gasteiger partial charge in [0.25, 0.3) is 11.8 Å². The second-order valence-corrected chi connectivity index (χ2v) is 8.35. The topological polar surface area (TPSA) is 112 Å². The summed E-state index contributed by atoms with van der Waals surface area (Å²) in [6.45, 7) is 5.01. The van der Waals surface area contributed by atoms with Gasteiger partial charge in [-0.25, -0.2) is 0 Å². The van der Waals surface area contributed by atoms with Crippen LogP contribution in [0, 0.1) is 0 Å². The number of rotatable bonds is 6. The van der Waals surface area contributed by atoms with Crippen molar-refractivity contribution < 1.29 is 14.7 Å². The molecule has 1 fully saturated rings. The molecule has 3 aromatic rings. The van der Waals surface area contributed by atoms with E-state index >= 15 is 0 Å². The molecule has 0 aromatic carbocycles. The van der Waals surface area contributed by atoms with Crippen molar-refractivity contribution in [2.75, 3.05) is 37.6 Å². The zero-order valence-electron chi connectivity index (χ0n) is 17.7. The van der Waals surface area contributed by atoms with Crippen LogP contribution in [0.15, 0.2) is 42.0 Å². The zero-order valence-corrected chi connectivity index (χ0v) is 18.5. The lowest BCUT2D eigenvalue weighted by Crippen LogP contribution is -2.49. The number of nitrogens with zero attached hydrogens (tertiary/aromatic N) is 5. The first kappa shape index (κ1) is 21.7. The Kier molecular flexibility index (Phi) is 6.60. The van der Waals surface area contributed by atoms with Crippen molar-refractivity contribution in [3.8, 4) is 16.9 Å². The predicted octanol–water partition coefficient (Wildman–Crippen LogP) is 2.41. The van der Waals surface area contributed by atoms with Gasteiger partial charge in [0.2, 0.25) is 0 Å². The second-order valence-electron chi connectivity index (χ2n) is 7.44. The normalized spacial score (nSPS) is 13.8. The fourth-order valence-corrected chi connectivity index (χ4v) is 4.31. The van der Waals surface area contributed by atoms with Gasteiger partial charge in [0.15, 0.2) is 11.5 Å². The number of aromatic nitrogens is 3. The summed E-state index contributed by atoms with van der Waals surface area (Å²) in [4.78, 5) is 33.4. The summed E-state index contributed by atoms with van der Waals surface area (Å²) in [5.41, 5.74) is 1.93. The number of thiophene rings is 1. The van der Waals surface area contributed by atoms with Crippen LogP contribution in [-0.2, 0) is 0 Å². The molecule has 32 heavy (non-hydrogen) atoms. The lowest BCUT2D eigenvalue weighted by molar-refractivity contribution is 0.0751. The van der Waals surface area contributed by atoms with E-state index in [4.69, 9.17) is 0 Å². The van der Waals surface area contributed by atoms with Crippen LogP contribution in [0.2, 0.25) is 0 Å². The van der Waals surface area contributed by atoms with Gasteiger partial charge in [-0.3, -0.25) is 14.6 Å². The van der Waals surface area contributed by atoms with Crippen LogP contribution in [0.3, 0.4) is 0 Å². The number of amides is 2. The average molecular weight is 453 g/mol. The summed E-state index contributed by atoms with van der Waals surface area (Å²) in [6, 6.07) is 6.93. The maximum Gasteiger partial charge on any atom is 0.271 e. The second kappa shape index (κ2) is 9.73. The minimum Gasteiger partial charge on any atom is -0.506 e. The van der Waals surface area contributed by atoms with Crippen LogP contribution in [0.25, 0.3) is 11.1 Å². The van der Waals surface area contributed by atoms with E-state index in [1.807, 2.05) is 23.3 Å². The van der Waals surface area contributed by atoms with Crippen molar-refractivity contribution >= 4 is 29.0 Å². The van der Waals surface area contributed by atoms with Gasteiger partial charge < -0.3 is 20.2 Å². The number of anilines is 1. The van der Waals surface area contributed by atoms with E-state index in [9.17, 15) is 14.7 Å². The fraction of sp³-hybridized carbons (Fsp3) is 0.318. The molecular weight excluding hydrogens is 428 g/mol. The van der Waals surface area contributed by atoms with Crippen LogP contribution >= 0.6 is 11.3 Å². The van der Waals surface area contributed by atoms with Crippen LogP contribution in [0.4, 0.5) is 5.82 Å². The maximum absolute atomic E-state index is 12.9. The number of hydrogen-bond donors (Lipinski definition) is 2. The lowest BCUT2D eigenvalue weighted by Gasteiger charge is -2.35. The molecule has 0 saturated carbocycles. The lowest BCUT2D eigenvalue weighted by atomic mass is 10.1. The fourth-order valence-electron chi connectivity index (χ4n) is 3.42. The highest BCUT2D eigenvalue weighted by molar-refractivity contribution is 7.12. The van der Waals surface area contributed by atoms with Crippen molar-refractivity contribution in [3.63, 3.8) is 0 Å². The molecule has 166 valence electrons. The van der Waals surface area contributed by atoms with Crippen LogP contribution in [-0.4, -0.2) is 69.7 Å². The summed E-state index contributed by atoms with van der Waals surface area (Å²) in [7, 11) is 0. The van der Waals surface area contributed by atoms with Gasteiger partial charge >= 0.3 is 0 Å². The van der Waals surface area contributed by atoms with E-state index in [0.717, 1.165) is 17.5 Å². The van der Waals surface area contributed by atoms with E-state index in [1.165, 1.54) is 17.5 Å². The van der Waals surface area contributed by atoms with Gasteiger partial charge in [-0.2, -0.15) is 0 Å². The standard InChI is InChI=1S/C22H24N6O3S/c1-2-5-24-21(30)18-3-4-20(26-25-18)27-6-8-28(9-7-27)22(31)19-11-16(14-32-19)15-10-17(29)13-23-12-15/h3-4,10-14,29H,2,5-9H2,1H3,(H,24,30). The Labute approximate surface area is 189 Å². The van der Waals surface area contributed by atoms with Crippen LogP contribution in [0.5, 0.6) is 5.75 Å². The molecule has 0 aliphatic carbocycles. The molecule has 4 rings (SSSR count). The first-order chi connectivity index (χ1) is 15.5. The Morgan fingerprint density at radius 3 is 2.59 bits per heavy atom. The quantitative estimate of drug-likeness (QED) is 0.591. The van der Waals surface area contributed by atoms with Crippen molar-refractivity contribution in [3.05, 3.63) is 52.6 Å². The molecule has 1 saturated heterocycles. The number of carbonyl (C=O) groups excluding carboxylic acids is 2. The monoisotopic (exact) mass is 452 g/mol. The molecule has 2 N–H and O–H groups in total. The van der Waals surface area contributed by atoms with E-state index in [1.54, 1.807) is 24.4 Å². The van der Waals surface area contributed by atoms with Gasteiger partial charge in [-0.15, -0.1) is 21.5 Å². The summed E-state index contributed by atoms with van der Waals surface area (Å²) >= 11 is 1.38. The summed E-state index contributed by atoms with van der Waals surface area (Å²) in [6.07, 6.45) is 3.90. The first-order valence-corrected chi connectivity index (χ1v) is 11.3. The number of carbonyl (C=O) groups is 2. The molecule has 0 atom stereocenters. The molecule has 9 nitrogen and oxygen atoms in total. The Hall–Kier alpha value is -3.53. The average Bonchev–Trinajstić information content (AvgIpc) is 3.33. The highest BCUT2D eigenvalue weighted by Crippen LogP contribution is 2.28. The van der Waals surface area contributed by atoms with Crippen molar-refractivity contribution in [2.24, 2.45) is 0 Å². The molecular formula is C22H24N6O3S. The van der Waals surface area contributed by atoms with E-state index in [0.29, 0.717) is 49.1 Å². The third-order valence-electron chi connectivity index (χ3n) is 5.18. The molecule has 0 radical (unpaired) electrons. The summed E-state index contributed by atoms with van der Waals surface area (Å²) in [5.74, 6) is 0.551. The Bertz CT molecular complexity index is 1090. The van der Waals surface area contributed by atoms with Crippen molar-refractivity contribution in [1.82, 2.24) is 25.4 Å². The maximum atomic E-state index is 12.9. The Morgan fingerprint density at radius 1 is 1.09 bits per heavy atom. The number of pyridine rings is 1. The molecule has 10 heteroatoms. The number of nitrogens with one attached hydrogen (secondary N) is 1. The van der Waals surface area contributed by atoms with E-state index in [-0.39, 0.29) is 17.6 Å². The predicted molar refractivity (Wildman–Crippen MR) is 122 cm³/mol. The minimum atomic E-state index is -0.224. The molecule has 1 aliphatic heterocycles. The summed E-state index contributed by atoms with van der Waals surface area (Å²) in [5, 5.41) is 22.5. The van der Waals surface area contributed by atoms with E-state index < -0.39 is 0 Å². The number of aromatic hydroxyl groups is 1. The largest absolute Gasteiger partial charge is 0.506 e. The third-order valence-corrected chi connectivity index (χ3v) is 6.10. The van der Waals surface area contributed by atoms with Gasteiger partial charge in [-0.05, 0) is 41.6 Å². The molecule has 4 heterocycles. The highest BCUT2D eigenvalue weighted by Gasteiger charge is 2.24. The van der Waals surface area contributed by atoms with E-state index in [2.05, 4.69) is 25.4 Å². The van der Waals surface area contributed by atoms with Crippen molar-refractivity contribution in [2.45, 2.75) is 13.3 Å². The molecule has 0 unspecified atom stereocenters. The minimum absolute atomic E-state index is 0.0111. The van der Waals surface area contributed by atoms with Crippen molar-refractivity contribution in [1.29, 1.82) is 0 Å². The van der Waals surface area contributed by atoms with Gasteiger partial charge in [-0.1, -0.05) is 6.92 Å². The third kappa shape index (κ3) is 4.86. The van der Waals surface area contributed by atoms with Gasteiger partial charge in [0.05, 0.1) is 11.1 Å². The first-order valence-electron chi connectivity index (χ1n) is 10.4. The highest BCUT2D eigenvalue weighted by atomic mass is 32.1. The number of hydrogen-bond acceptors (Lipinski definition) is 8. The molecule has 0 bridgehead atoms.